The fourth-order valence-corrected chi connectivity index (χ4v) is 3.09. The lowest BCUT2D eigenvalue weighted by Crippen LogP contribution is -2.28. The maximum atomic E-state index is 12.6. The first-order valence-electron chi connectivity index (χ1n) is 6.58. The molecule has 108 valence electrons. The van der Waals surface area contributed by atoms with Crippen LogP contribution in [0.15, 0.2) is 10.2 Å². The van der Waals surface area contributed by atoms with E-state index >= 15 is 0 Å². The van der Waals surface area contributed by atoms with Gasteiger partial charge in [-0.3, -0.25) is 9.36 Å². The van der Waals surface area contributed by atoms with Gasteiger partial charge in [-0.15, -0.1) is 11.3 Å². The molecular formula is C14H18N2O3S. The third-order valence-corrected chi connectivity index (χ3v) is 3.89. The van der Waals surface area contributed by atoms with Gasteiger partial charge in [-0.1, -0.05) is 27.7 Å². The van der Waals surface area contributed by atoms with Gasteiger partial charge in [0.25, 0.3) is 5.56 Å². The zero-order chi connectivity index (χ0) is 15.0. The fourth-order valence-electron chi connectivity index (χ4n) is 2.18. The standard InChI is InChI=1S/C14H18N2O3S/c1-7(2)5-16-11(8(3)4)15-12-10(13(16)17)9(6-20-12)14(18)19/h6-8H,5H2,1-4H3,(H,18,19). The lowest BCUT2D eigenvalue weighted by Gasteiger charge is -2.16. The molecule has 2 rings (SSSR count). The summed E-state index contributed by atoms with van der Waals surface area (Å²) in [6.07, 6.45) is 0. The van der Waals surface area contributed by atoms with Crippen molar-refractivity contribution in [1.82, 2.24) is 9.55 Å². The van der Waals surface area contributed by atoms with Crippen LogP contribution in [-0.2, 0) is 6.54 Å². The van der Waals surface area contributed by atoms with Crippen molar-refractivity contribution in [1.29, 1.82) is 0 Å². The molecule has 2 aromatic rings. The number of carbonyl (C=O) groups is 1. The quantitative estimate of drug-likeness (QED) is 0.941. The summed E-state index contributed by atoms with van der Waals surface area (Å²) in [4.78, 5) is 28.9. The van der Waals surface area contributed by atoms with Crippen LogP contribution < -0.4 is 5.56 Å². The van der Waals surface area contributed by atoms with E-state index in [0.717, 1.165) is 5.82 Å². The van der Waals surface area contributed by atoms with Crippen molar-refractivity contribution in [2.75, 3.05) is 0 Å². The maximum Gasteiger partial charge on any atom is 0.337 e. The van der Waals surface area contributed by atoms with E-state index in [1.807, 2.05) is 27.7 Å². The summed E-state index contributed by atoms with van der Waals surface area (Å²) in [6.45, 7) is 8.55. The fraction of sp³-hybridized carbons (Fsp3) is 0.500. The number of nitrogens with zero attached hydrogens (tertiary/aromatic N) is 2. The zero-order valence-corrected chi connectivity index (χ0v) is 12.8. The third-order valence-electron chi connectivity index (χ3n) is 3.02. The molecule has 0 aliphatic rings. The Labute approximate surface area is 120 Å². The Bertz CT molecular complexity index is 713. The SMILES string of the molecule is CC(C)Cn1c(C(C)C)nc2scc(C(=O)O)c2c1=O. The van der Waals surface area contributed by atoms with Crippen LogP contribution in [0.25, 0.3) is 10.2 Å². The van der Waals surface area contributed by atoms with Gasteiger partial charge in [0.2, 0.25) is 0 Å². The number of aromatic nitrogens is 2. The Balaban J connectivity index is 2.82. The Morgan fingerprint density at radius 3 is 2.55 bits per heavy atom. The first-order chi connectivity index (χ1) is 9.32. The summed E-state index contributed by atoms with van der Waals surface area (Å²) in [5, 5.41) is 10.9. The molecule has 0 saturated heterocycles. The molecule has 0 radical (unpaired) electrons. The summed E-state index contributed by atoms with van der Waals surface area (Å²) in [7, 11) is 0. The van der Waals surface area contributed by atoms with Gasteiger partial charge in [-0.05, 0) is 5.92 Å². The first kappa shape index (κ1) is 14.7. The minimum atomic E-state index is -1.08. The Hall–Kier alpha value is -1.69. The molecule has 5 nitrogen and oxygen atoms in total. The van der Waals surface area contributed by atoms with Crippen LogP contribution in [0.3, 0.4) is 0 Å². The lowest BCUT2D eigenvalue weighted by molar-refractivity contribution is 0.0699. The predicted octanol–water partition coefficient (Wildman–Crippen LogP) is 2.94. The second-order valence-corrected chi connectivity index (χ2v) is 6.43. The van der Waals surface area contributed by atoms with Gasteiger partial charge < -0.3 is 5.11 Å². The molecule has 0 atom stereocenters. The molecular weight excluding hydrogens is 276 g/mol. The highest BCUT2D eigenvalue weighted by molar-refractivity contribution is 7.17. The molecule has 0 aliphatic carbocycles. The second kappa shape index (κ2) is 5.36. The van der Waals surface area contributed by atoms with E-state index in [1.165, 1.54) is 16.7 Å². The second-order valence-electron chi connectivity index (χ2n) is 5.57. The van der Waals surface area contributed by atoms with E-state index in [1.54, 1.807) is 4.57 Å². The number of rotatable bonds is 4. The topological polar surface area (TPSA) is 72.2 Å². The average Bonchev–Trinajstić information content (AvgIpc) is 2.75. The van der Waals surface area contributed by atoms with Crippen LogP contribution in [0.2, 0.25) is 0 Å². The number of carboxylic acid groups (broad SMARTS) is 1. The van der Waals surface area contributed by atoms with Crippen LogP contribution in [0.5, 0.6) is 0 Å². The van der Waals surface area contributed by atoms with Crippen molar-refractivity contribution in [2.45, 2.75) is 40.2 Å². The van der Waals surface area contributed by atoms with Crippen molar-refractivity contribution in [3.05, 3.63) is 27.1 Å². The molecule has 2 heterocycles. The lowest BCUT2D eigenvalue weighted by atomic mass is 10.1. The predicted molar refractivity (Wildman–Crippen MR) is 79.8 cm³/mol. The van der Waals surface area contributed by atoms with E-state index < -0.39 is 5.97 Å². The van der Waals surface area contributed by atoms with E-state index in [9.17, 15) is 14.7 Å². The first-order valence-corrected chi connectivity index (χ1v) is 7.46. The van der Waals surface area contributed by atoms with Crippen LogP contribution in [-0.4, -0.2) is 20.6 Å². The summed E-state index contributed by atoms with van der Waals surface area (Å²) >= 11 is 1.21. The number of fused-ring (bicyclic) bond motifs is 1. The summed E-state index contributed by atoms with van der Waals surface area (Å²) in [6, 6.07) is 0. The third kappa shape index (κ3) is 2.47. The Morgan fingerprint density at radius 1 is 1.40 bits per heavy atom. The van der Waals surface area contributed by atoms with Crippen molar-refractivity contribution < 1.29 is 9.90 Å². The summed E-state index contributed by atoms with van der Waals surface area (Å²) in [5.74, 6) is 0.0381. The van der Waals surface area contributed by atoms with Gasteiger partial charge in [0, 0.05) is 17.8 Å². The average molecular weight is 294 g/mol. The van der Waals surface area contributed by atoms with Gasteiger partial charge in [-0.25, -0.2) is 9.78 Å². The van der Waals surface area contributed by atoms with E-state index in [4.69, 9.17) is 0 Å². The van der Waals surface area contributed by atoms with Crippen LogP contribution in [0.4, 0.5) is 0 Å². The molecule has 0 unspecified atom stereocenters. The molecule has 0 amide bonds. The highest BCUT2D eigenvalue weighted by Gasteiger charge is 2.20. The maximum absolute atomic E-state index is 12.6. The van der Waals surface area contributed by atoms with Crippen LogP contribution in [0.1, 0.15) is 49.8 Å². The highest BCUT2D eigenvalue weighted by atomic mass is 32.1. The molecule has 2 aromatic heterocycles. The van der Waals surface area contributed by atoms with Gasteiger partial charge in [0.1, 0.15) is 10.7 Å². The van der Waals surface area contributed by atoms with Gasteiger partial charge in [-0.2, -0.15) is 0 Å². The monoisotopic (exact) mass is 294 g/mol. The van der Waals surface area contributed by atoms with Crippen molar-refractivity contribution >= 4 is 27.5 Å². The van der Waals surface area contributed by atoms with Crippen LogP contribution >= 0.6 is 11.3 Å². The number of hydrogen-bond donors (Lipinski definition) is 1. The van der Waals surface area contributed by atoms with E-state index in [0.29, 0.717) is 11.4 Å². The molecule has 0 spiro atoms. The minimum absolute atomic E-state index is 0.0512. The van der Waals surface area contributed by atoms with Crippen molar-refractivity contribution in [3.63, 3.8) is 0 Å². The number of hydrogen-bond acceptors (Lipinski definition) is 4. The number of carboxylic acids is 1. The molecule has 0 fully saturated rings. The van der Waals surface area contributed by atoms with Gasteiger partial charge in [0.05, 0.1) is 10.9 Å². The van der Waals surface area contributed by atoms with Gasteiger partial charge >= 0.3 is 5.97 Å². The minimum Gasteiger partial charge on any atom is -0.478 e. The van der Waals surface area contributed by atoms with E-state index in [2.05, 4.69) is 4.98 Å². The normalized spacial score (nSPS) is 11.7. The van der Waals surface area contributed by atoms with Crippen LogP contribution in [0, 0.1) is 5.92 Å². The van der Waals surface area contributed by atoms with Crippen molar-refractivity contribution in [3.8, 4) is 0 Å². The molecule has 20 heavy (non-hydrogen) atoms. The Kier molecular flexibility index (Phi) is 3.94. The molecule has 1 N–H and O–H groups in total. The zero-order valence-electron chi connectivity index (χ0n) is 12.0. The molecule has 0 aliphatic heterocycles. The van der Waals surface area contributed by atoms with E-state index in [-0.39, 0.29) is 28.3 Å². The largest absolute Gasteiger partial charge is 0.478 e. The van der Waals surface area contributed by atoms with Gasteiger partial charge in [0.15, 0.2) is 0 Å². The van der Waals surface area contributed by atoms with Crippen molar-refractivity contribution in [2.24, 2.45) is 5.92 Å². The molecule has 0 saturated carbocycles. The molecule has 6 heteroatoms. The summed E-state index contributed by atoms with van der Waals surface area (Å²) < 4.78 is 1.62. The smallest absolute Gasteiger partial charge is 0.337 e. The number of aromatic carboxylic acids is 1. The molecule has 0 bridgehead atoms. The summed E-state index contributed by atoms with van der Waals surface area (Å²) in [5.41, 5.74) is -0.193. The highest BCUT2D eigenvalue weighted by Crippen LogP contribution is 2.24. The molecule has 0 aromatic carbocycles. The number of thiophene rings is 1. The Morgan fingerprint density at radius 2 is 2.05 bits per heavy atom.